The Kier molecular flexibility index (Phi) is 4.56. The first-order chi connectivity index (χ1) is 9.14. The number of carbonyl (C=O) groups excluding carboxylic acids is 1. The molecule has 104 valence electrons. The highest BCUT2D eigenvalue weighted by atomic mass is 16.3. The highest BCUT2D eigenvalue weighted by molar-refractivity contribution is 5.97. The lowest BCUT2D eigenvalue weighted by Crippen LogP contribution is -2.54. The number of amides is 1. The third-order valence-corrected chi connectivity index (χ3v) is 3.73. The van der Waals surface area contributed by atoms with Gasteiger partial charge in [0.1, 0.15) is 0 Å². The number of hydrogen-bond donors (Lipinski definition) is 3. The van der Waals surface area contributed by atoms with Crippen molar-refractivity contribution in [3.63, 3.8) is 0 Å². The van der Waals surface area contributed by atoms with Crippen molar-refractivity contribution >= 4 is 11.6 Å². The van der Waals surface area contributed by atoms with E-state index in [-0.39, 0.29) is 12.5 Å². The molecule has 2 rings (SSSR count). The lowest BCUT2D eigenvalue weighted by atomic mass is 9.90. The van der Waals surface area contributed by atoms with Crippen molar-refractivity contribution in [2.45, 2.75) is 38.1 Å². The summed E-state index contributed by atoms with van der Waals surface area (Å²) in [6, 6.07) is 7.63. The second-order valence-corrected chi connectivity index (χ2v) is 5.34. The van der Waals surface area contributed by atoms with Crippen LogP contribution in [0.5, 0.6) is 0 Å². The molecule has 4 nitrogen and oxygen atoms in total. The summed E-state index contributed by atoms with van der Waals surface area (Å²) in [7, 11) is 0. The Bertz CT molecular complexity index is 422. The minimum atomic E-state index is -0.456. The predicted octanol–water partition coefficient (Wildman–Crippen LogP) is 1.69. The van der Waals surface area contributed by atoms with Crippen LogP contribution in [0.3, 0.4) is 0 Å². The summed E-state index contributed by atoms with van der Waals surface area (Å²) in [5.41, 5.74) is 1.42. The Labute approximate surface area is 114 Å². The zero-order valence-corrected chi connectivity index (χ0v) is 11.4. The maximum atomic E-state index is 12.3. The predicted molar refractivity (Wildman–Crippen MR) is 76.1 cm³/mol. The first-order valence-electron chi connectivity index (χ1n) is 6.90. The summed E-state index contributed by atoms with van der Waals surface area (Å²) in [6.45, 7) is 3.01. The maximum Gasteiger partial charge on any atom is 0.244 e. The summed E-state index contributed by atoms with van der Waals surface area (Å²) in [5, 5.41) is 15.1. The van der Waals surface area contributed by atoms with Crippen LogP contribution in [0.2, 0.25) is 0 Å². The van der Waals surface area contributed by atoms with Crippen molar-refractivity contribution in [1.82, 2.24) is 5.32 Å². The summed E-state index contributed by atoms with van der Waals surface area (Å²) in [5.74, 6) is 0.0297. The van der Waals surface area contributed by atoms with Gasteiger partial charge in [-0.2, -0.15) is 0 Å². The Morgan fingerprint density at radius 3 is 2.68 bits per heavy atom. The van der Waals surface area contributed by atoms with Gasteiger partial charge >= 0.3 is 0 Å². The third-order valence-electron chi connectivity index (χ3n) is 3.73. The van der Waals surface area contributed by atoms with Crippen LogP contribution in [0.4, 0.5) is 5.69 Å². The number of anilines is 1. The molecular formula is C15H22N2O2. The summed E-state index contributed by atoms with van der Waals surface area (Å²) >= 11 is 0. The van der Waals surface area contributed by atoms with Crippen LogP contribution in [-0.2, 0) is 11.2 Å². The van der Waals surface area contributed by atoms with E-state index in [0.717, 1.165) is 37.1 Å². The molecule has 1 aromatic rings. The quantitative estimate of drug-likeness (QED) is 0.774. The van der Waals surface area contributed by atoms with Gasteiger partial charge in [-0.3, -0.25) is 4.79 Å². The van der Waals surface area contributed by atoms with Gasteiger partial charge in [0.25, 0.3) is 0 Å². The van der Waals surface area contributed by atoms with Crippen LogP contribution in [0.25, 0.3) is 0 Å². The molecule has 0 radical (unpaired) electrons. The van der Waals surface area contributed by atoms with Gasteiger partial charge in [-0.1, -0.05) is 12.1 Å². The highest BCUT2D eigenvalue weighted by Crippen LogP contribution is 2.21. The maximum absolute atomic E-state index is 12.3. The fourth-order valence-corrected chi connectivity index (χ4v) is 2.40. The molecular weight excluding hydrogens is 240 g/mol. The van der Waals surface area contributed by atoms with Crippen molar-refractivity contribution in [2.75, 3.05) is 18.5 Å². The second-order valence-electron chi connectivity index (χ2n) is 5.34. The van der Waals surface area contributed by atoms with E-state index < -0.39 is 5.54 Å². The molecule has 1 aliphatic rings. The summed E-state index contributed by atoms with van der Waals surface area (Å²) in [4.78, 5) is 12.3. The average Bonchev–Trinajstić information content (AvgIpc) is 2.42. The van der Waals surface area contributed by atoms with Crippen molar-refractivity contribution in [3.05, 3.63) is 29.8 Å². The second kappa shape index (κ2) is 6.17. The molecule has 1 atom stereocenters. The number of rotatable bonds is 4. The zero-order chi connectivity index (χ0) is 13.7. The number of nitrogens with one attached hydrogen (secondary N) is 2. The molecule has 0 aliphatic carbocycles. The van der Waals surface area contributed by atoms with Crippen LogP contribution in [-0.4, -0.2) is 29.7 Å². The van der Waals surface area contributed by atoms with Gasteiger partial charge in [0.2, 0.25) is 5.91 Å². The van der Waals surface area contributed by atoms with Crippen LogP contribution in [0.15, 0.2) is 24.3 Å². The monoisotopic (exact) mass is 262 g/mol. The number of hydrogen-bond acceptors (Lipinski definition) is 3. The molecule has 4 heteroatoms. The van der Waals surface area contributed by atoms with Crippen molar-refractivity contribution < 1.29 is 9.90 Å². The Hall–Kier alpha value is -1.39. The van der Waals surface area contributed by atoms with E-state index in [1.807, 2.05) is 31.2 Å². The largest absolute Gasteiger partial charge is 0.396 e. The lowest BCUT2D eigenvalue weighted by molar-refractivity contribution is -0.122. The normalized spacial score (nSPS) is 23.1. The van der Waals surface area contributed by atoms with E-state index in [0.29, 0.717) is 6.42 Å². The minimum absolute atomic E-state index is 0.0297. The van der Waals surface area contributed by atoms with E-state index in [1.165, 1.54) is 0 Å². The van der Waals surface area contributed by atoms with Gasteiger partial charge in [0.15, 0.2) is 0 Å². The molecule has 1 heterocycles. The Morgan fingerprint density at radius 1 is 1.37 bits per heavy atom. The number of piperidine rings is 1. The standard InChI is InChI=1S/C15H22N2O2/c1-15(9-2-3-10-16-15)14(19)17-13-6-4-12(5-7-13)8-11-18/h4-7,16,18H,2-3,8-11H2,1H3,(H,17,19). The van der Waals surface area contributed by atoms with Crippen LogP contribution in [0.1, 0.15) is 31.7 Å². The van der Waals surface area contributed by atoms with Gasteiger partial charge in [-0.15, -0.1) is 0 Å². The van der Waals surface area contributed by atoms with Gasteiger partial charge in [-0.05, 0) is 56.8 Å². The molecule has 0 spiro atoms. The third kappa shape index (κ3) is 3.55. The summed E-state index contributed by atoms with van der Waals surface area (Å²) < 4.78 is 0. The van der Waals surface area contributed by atoms with Crippen molar-refractivity contribution in [1.29, 1.82) is 0 Å². The fourth-order valence-electron chi connectivity index (χ4n) is 2.40. The molecule has 0 saturated carbocycles. The first kappa shape index (κ1) is 14.0. The van der Waals surface area contributed by atoms with E-state index in [2.05, 4.69) is 10.6 Å². The van der Waals surface area contributed by atoms with Crippen LogP contribution < -0.4 is 10.6 Å². The molecule has 1 unspecified atom stereocenters. The molecule has 1 aromatic carbocycles. The molecule has 0 bridgehead atoms. The molecule has 0 aromatic heterocycles. The number of benzene rings is 1. The average molecular weight is 262 g/mol. The summed E-state index contributed by atoms with van der Waals surface area (Å²) in [6.07, 6.45) is 3.75. The molecule has 1 fully saturated rings. The number of aliphatic hydroxyl groups is 1. The SMILES string of the molecule is CC1(C(=O)Nc2ccc(CCO)cc2)CCCCN1. The van der Waals surface area contributed by atoms with E-state index >= 15 is 0 Å². The van der Waals surface area contributed by atoms with Crippen molar-refractivity contribution in [3.8, 4) is 0 Å². The number of carbonyl (C=O) groups is 1. The number of aliphatic hydroxyl groups excluding tert-OH is 1. The van der Waals surface area contributed by atoms with Gasteiger partial charge < -0.3 is 15.7 Å². The lowest BCUT2D eigenvalue weighted by Gasteiger charge is -2.33. The fraction of sp³-hybridized carbons (Fsp3) is 0.533. The van der Waals surface area contributed by atoms with Crippen molar-refractivity contribution in [2.24, 2.45) is 0 Å². The van der Waals surface area contributed by atoms with Gasteiger partial charge in [0, 0.05) is 12.3 Å². The van der Waals surface area contributed by atoms with E-state index in [9.17, 15) is 4.79 Å². The minimum Gasteiger partial charge on any atom is -0.396 e. The molecule has 3 N–H and O–H groups in total. The Morgan fingerprint density at radius 2 is 2.11 bits per heavy atom. The molecule has 19 heavy (non-hydrogen) atoms. The first-order valence-corrected chi connectivity index (χ1v) is 6.90. The Balaban J connectivity index is 1.98. The molecule has 1 saturated heterocycles. The van der Waals surface area contributed by atoms with E-state index in [4.69, 9.17) is 5.11 Å². The van der Waals surface area contributed by atoms with E-state index in [1.54, 1.807) is 0 Å². The van der Waals surface area contributed by atoms with Crippen LogP contribution in [0, 0.1) is 0 Å². The van der Waals surface area contributed by atoms with Gasteiger partial charge in [-0.25, -0.2) is 0 Å². The topological polar surface area (TPSA) is 61.4 Å². The molecule has 1 aliphatic heterocycles. The van der Waals surface area contributed by atoms with Gasteiger partial charge in [0.05, 0.1) is 5.54 Å². The van der Waals surface area contributed by atoms with Crippen LogP contribution >= 0.6 is 0 Å². The smallest absolute Gasteiger partial charge is 0.244 e. The highest BCUT2D eigenvalue weighted by Gasteiger charge is 2.34. The zero-order valence-electron chi connectivity index (χ0n) is 11.4. The molecule has 1 amide bonds.